The van der Waals surface area contributed by atoms with Crippen LogP contribution < -0.4 is 0 Å². The molecule has 0 saturated heterocycles. The molecule has 0 bridgehead atoms. The first-order valence-electron chi connectivity index (χ1n) is 11.7. The topological polar surface area (TPSA) is 30.7 Å². The van der Waals surface area contributed by atoms with Gasteiger partial charge in [-0.25, -0.2) is 0 Å². The summed E-state index contributed by atoms with van der Waals surface area (Å²) in [6.45, 7) is 8.80. The van der Waals surface area contributed by atoms with Crippen LogP contribution in [0.4, 0.5) is 0 Å². The summed E-state index contributed by atoms with van der Waals surface area (Å²) in [7, 11) is 0. The Balaban J connectivity index is 1.62. The fourth-order valence-corrected chi connectivity index (χ4v) is 4.23. The van der Waals surface area contributed by atoms with E-state index in [9.17, 15) is 0 Å². The molecule has 0 saturated carbocycles. The molecule has 0 amide bonds. The van der Waals surface area contributed by atoms with Crippen LogP contribution in [0, 0.1) is 6.92 Å². The number of nitrogens with zero attached hydrogens (tertiary/aromatic N) is 3. The molecule has 0 aliphatic carbocycles. The third-order valence-corrected chi connectivity index (χ3v) is 6.18. The molecule has 34 heavy (non-hydrogen) atoms. The summed E-state index contributed by atoms with van der Waals surface area (Å²) in [6, 6.07) is 36.2. The molecule has 5 rings (SSSR count). The van der Waals surface area contributed by atoms with Gasteiger partial charge < -0.3 is 0 Å². The predicted molar refractivity (Wildman–Crippen MR) is 141 cm³/mol. The van der Waals surface area contributed by atoms with E-state index >= 15 is 0 Å². The van der Waals surface area contributed by atoms with Crippen LogP contribution in [0.1, 0.15) is 31.9 Å². The third kappa shape index (κ3) is 4.29. The van der Waals surface area contributed by atoms with Gasteiger partial charge in [-0.15, -0.1) is 10.2 Å². The Morgan fingerprint density at radius 1 is 0.559 bits per heavy atom. The highest BCUT2D eigenvalue weighted by atomic mass is 15.3. The van der Waals surface area contributed by atoms with Crippen molar-refractivity contribution in [3.8, 4) is 39.6 Å². The van der Waals surface area contributed by atoms with Crippen LogP contribution in [0.25, 0.3) is 39.6 Å². The first-order valence-corrected chi connectivity index (χ1v) is 11.7. The predicted octanol–water partition coefficient (Wildman–Crippen LogP) is 7.87. The highest BCUT2D eigenvalue weighted by molar-refractivity contribution is 5.71. The molecule has 0 fully saturated rings. The molecule has 1 aromatic heterocycles. The van der Waals surface area contributed by atoms with Crippen molar-refractivity contribution >= 4 is 0 Å². The number of hydrogen-bond acceptors (Lipinski definition) is 2. The number of rotatable bonds is 4. The van der Waals surface area contributed by atoms with E-state index in [1.165, 1.54) is 22.3 Å². The minimum Gasteiger partial charge on any atom is -0.275 e. The van der Waals surface area contributed by atoms with E-state index in [1.807, 2.05) is 6.07 Å². The van der Waals surface area contributed by atoms with Gasteiger partial charge in [-0.3, -0.25) is 4.57 Å². The maximum absolute atomic E-state index is 4.66. The molecule has 1 heterocycles. The van der Waals surface area contributed by atoms with Crippen molar-refractivity contribution in [2.45, 2.75) is 33.1 Å². The fourth-order valence-electron chi connectivity index (χ4n) is 4.23. The summed E-state index contributed by atoms with van der Waals surface area (Å²) in [6.07, 6.45) is 0. The van der Waals surface area contributed by atoms with Crippen molar-refractivity contribution in [2.24, 2.45) is 0 Å². The van der Waals surface area contributed by atoms with Crippen LogP contribution in [0.15, 0.2) is 103 Å². The lowest BCUT2D eigenvalue weighted by Gasteiger charge is -2.19. The molecule has 0 radical (unpaired) electrons. The van der Waals surface area contributed by atoms with Gasteiger partial charge in [-0.05, 0) is 46.7 Å². The second-order valence-electron chi connectivity index (χ2n) is 9.79. The molecule has 4 aromatic carbocycles. The van der Waals surface area contributed by atoms with E-state index in [2.05, 4.69) is 140 Å². The van der Waals surface area contributed by atoms with Crippen molar-refractivity contribution in [2.75, 3.05) is 0 Å². The molecule has 0 spiro atoms. The second kappa shape index (κ2) is 8.75. The largest absolute Gasteiger partial charge is 0.275 e. The molecule has 5 aromatic rings. The van der Waals surface area contributed by atoms with Crippen molar-refractivity contribution < 1.29 is 0 Å². The number of aromatic nitrogens is 3. The Kier molecular flexibility index (Phi) is 5.62. The zero-order valence-corrected chi connectivity index (χ0v) is 20.2. The quantitative estimate of drug-likeness (QED) is 0.283. The van der Waals surface area contributed by atoms with E-state index < -0.39 is 0 Å². The van der Waals surface area contributed by atoms with Crippen molar-refractivity contribution in [1.29, 1.82) is 0 Å². The van der Waals surface area contributed by atoms with Crippen LogP contribution in [-0.2, 0) is 5.41 Å². The van der Waals surface area contributed by atoms with E-state index in [0.29, 0.717) is 0 Å². The molecule has 168 valence electrons. The average molecular weight is 444 g/mol. The van der Waals surface area contributed by atoms with Gasteiger partial charge in [0.1, 0.15) is 0 Å². The number of hydrogen-bond donors (Lipinski definition) is 0. The van der Waals surface area contributed by atoms with Crippen LogP contribution in [0.5, 0.6) is 0 Å². The average Bonchev–Trinajstić information content (AvgIpc) is 3.29. The van der Waals surface area contributed by atoms with Crippen LogP contribution in [0.2, 0.25) is 0 Å². The molecule has 0 unspecified atom stereocenters. The Morgan fingerprint density at radius 2 is 1.09 bits per heavy atom. The monoisotopic (exact) mass is 443 g/mol. The maximum Gasteiger partial charge on any atom is 0.168 e. The van der Waals surface area contributed by atoms with Crippen LogP contribution >= 0.6 is 0 Å². The lowest BCUT2D eigenvalue weighted by Crippen LogP contribution is -2.10. The minimum atomic E-state index is 0.106. The molecule has 3 nitrogen and oxygen atoms in total. The summed E-state index contributed by atoms with van der Waals surface area (Å²) < 4.78 is 2.16. The molecule has 3 heteroatoms. The van der Waals surface area contributed by atoms with Gasteiger partial charge in [-0.2, -0.15) is 0 Å². The molecular formula is C31H29N3. The summed E-state index contributed by atoms with van der Waals surface area (Å²) >= 11 is 0. The number of benzene rings is 4. The van der Waals surface area contributed by atoms with Crippen molar-refractivity contribution in [3.05, 3.63) is 114 Å². The summed E-state index contributed by atoms with van der Waals surface area (Å²) in [5.41, 5.74) is 8.13. The Hall–Kier alpha value is -3.98. The van der Waals surface area contributed by atoms with Crippen molar-refractivity contribution in [1.82, 2.24) is 14.8 Å². The second-order valence-corrected chi connectivity index (χ2v) is 9.79. The molecule has 0 N–H and O–H groups in total. The van der Waals surface area contributed by atoms with E-state index in [-0.39, 0.29) is 5.41 Å². The SMILES string of the molecule is Cc1cccc(-n2c(-c3ccc(-c4ccccc4)cc3)nnc2-c2ccc(C(C)(C)C)cc2)c1. The first kappa shape index (κ1) is 21.8. The Labute approximate surface area is 201 Å². The van der Waals surface area contributed by atoms with Gasteiger partial charge in [0.2, 0.25) is 0 Å². The summed E-state index contributed by atoms with van der Waals surface area (Å²) in [5.74, 6) is 1.67. The van der Waals surface area contributed by atoms with E-state index in [0.717, 1.165) is 28.5 Å². The van der Waals surface area contributed by atoms with Gasteiger partial charge in [-0.1, -0.05) is 112 Å². The van der Waals surface area contributed by atoms with Gasteiger partial charge in [0.05, 0.1) is 0 Å². The molecule has 0 aliphatic rings. The van der Waals surface area contributed by atoms with Crippen molar-refractivity contribution in [3.63, 3.8) is 0 Å². The zero-order valence-electron chi connectivity index (χ0n) is 20.2. The summed E-state index contributed by atoms with van der Waals surface area (Å²) in [5, 5.41) is 9.31. The Morgan fingerprint density at radius 3 is 1.65 bits per heavy atom. The Bertz CT molecular complexity index is 1400. The minimum absolute atomic E-state index is 0.106. The van der Waals surface area contributed by atoms with E-state index in [1.54, 1.807) is 0 Å². The summed E-state index contributed by atoms with van der Waals surface area (Å²) in [4.78, 5) is 0. The van der Waals surface area contributed by atoms with Gasteiger partial charge >= 0.3 is 0 Å². The first-order chi connectivity index (χ1) is 16.4. The molecular weight excluding hydrogens is 414 g/mol. The third-order valence-electron chi connectivity index (χ3n) is 6.18. The van der Waals surface area contributed by atoms with Crippen LogP contribution in [0.3, 0.4) is 0 Å². The zero-order chi connectivity index (χ0) is 23.7. The molecule has 0 aliphatic heterocycles. The highest BCUT2D eigenvalue weighted by Crippen LogP contribution is 2.31. The molecule has 0 atom stereocenters. The van der Waals surface area contributed by atoms with Gasteiger partial charge in [0.15, 0.2) is 11.6 Å². The maximum atomic E-state index is 4.66. The van der Waals surface area contributed by atoms with Gasteiger partial charge in [0.25, 0.3) is 0 Å². The normalized spacial score (nSPS) is 11.5. The lowest BCUT2D eigenvalue weighted by atomic mass is 9.86. The van der Waals surface area contributed by atoms with Gasteiger partial charge in [0, 0.05) is 16.8 Å². The fraction of sp³-hybridized carbons (Fsp3) is 0.161. The number of aryl methyl sites for hydroxylation is 1. The van der Waals surface area contributed by atoms with Crippen LogP contribution in [-0.4, -0.2) is 14.8 Å². The standard InChI is InChI=1S/C31H29N3/c1-22-9-8-12-28(21-22)34-29(25-15-13-24(14-16-25)23-10-6-5-7-11-23)32-33-30(34)26-17-19-27(20-18-26)31(2,3)4/h5-21H,1-4H3. The lowest BCUT2D eigenvalue weighted by molar-refractivity contribution is 0.590. The van der Waals surface area contributed by atoms with E-state index in [4.69, 9.17) is 0 Å². The smallest absolute Gasteiger partial charge is 0.168 e. The highest BCUT2D eigenvalue weighted by Gasteiger charge is 2.19.